The van der Waals surface area contributed by atoms with Crippen LogP contribution in [0.25, 0.3) is 16.6 Å². The number of carbonyl (C=O) groups excluding carboxylic acids is 1. The molecule has 0 bridgehead atoms. The van der Waals surface area contributed by atoms with Crippen molar-refractivity contribution < 1.29 is 4.79 Å². The Bertz CT molecular complexity index is 1100. The van der Waals surface area contributed by atoms with E-state index in [1.165, 1.54) is 10.8 Å². The average Bonchev–Trinajstić information content (AvgIpc) is 2.94. The lowest BCUT2D eigenvalue weighted by molar-refractivity contribution is 0.103. The smallest absolute Gasteiger partial charge is 0.267 e. The van der Waals surface area contributed by atoms with Gasteiger partial charge in [-0.15, -0.1) is 0 Å². The lowest BCUT2D eigenvalue weighted by Gasteiger charge is -2.21. The van der Waals surface area contributed by atoms with E-state index < -0.39 is 0 Å². The van der Waals surface area contributed by atoms with Crippen LogP contribution in [0.4, 0.5) is 0 Å². The van der Waals surface area contributed by atoms with Crippen LogP contribution in [-0.2, 0) is 0 Å². The van der Waals surface area contributed by atoms with Crippen LogP contribution in [0.5, 0.6) is 0 Å². The van der Waals surface area contributed by atoms with Gasteiger partial charge in [-0.25, -0.2) is 4.98 Å². The zero-order valence-electron chi connectivity index (χ0n) is 15.9. The molecule has 0 radical (unpaired) electrons. The Hall–Kier alpha value is -2.82. The van der Waals surface area contributed by atoms with E-state index in [0.717, 1.165) is 24.8 Å². The Morgan fingerprint density at radius 3 is 2.70 bits per heavy atom. The molecule has 27 heavy (non-hydrogen) atoms. The summed E-state index contributed by atoms with van der Waals surface area (Å²) in [7, 11) is 0. The third kappa shape index (κ3) is 2.78. The fraction of sp³-hybridized carbons (Fsp3) is 0.364. The van der Waals surface area contributed by atoms with Crippen LogP contribution in [0.1, 0.15) is 67.7 Å². The maximum absolute atomic E-state index is 13.0. The molecular weight excluding hydrogens is 338 g/mol. The average molecular weight is 361 g/mol. The molecule has 0 aliphatic carbocycles. The molecule has 1 unspecified atom stereocenters. The molecule has 0 amide bonds. The topological polar surface area (TPSA) is 64.8 Å². The maximum Gasteiger partial charge on any atom is 0.267 e. The number of pyridine rings is 1. The number of nitrogens with zero attached hydrogens (tertiary/aromatic N) is 3. The van der Waals surface area contributed by atoms with E-state index in [-0.39, 0.29) is 17.2 Å². The molecule has 0 saturated carbocycles. The molecule has 3 heterocycles. The number of fused-ring (bicyclic) bond motifs is 4. The minimum Gasteiger partial charge on any atom is -0.285 e. The SMILES string of the molecule is CCCCC(c1ccc2c(c1)C(=O)c1nc3ccncc3c(=O)n1-2)C(C)C. The normalized spacial score (nSPS) is 13.9. The van der Waals surface area contributed by atoms with Crippen LogP contribution < -0.4 is 5.56 Å². The van der Waals surface area contributed by atoms with E-state index in [9.17, 15) is 9.59 Å². The van der Waals surface area contributed by atoms with Crippen molar-refractivity contribution in [2.75, 3.05) is 0 Å². The predicted molar refractivity (Wildman–Crippen MR) is 106 cm³/mol. The van der Waals surface area contributed by atoms with Gasteiger partial charge in [0.05, 0.1) is 22.2 Å². The summed E-state index contributed by atoms with van der Waals surface area (Å²) < 4.78 is 1.43. The Kier molecular flexibility index (Phi) is 4.38. The van der Waals surface area contributed by atoms with Crippen LogP contribution in [0.15, 0.2) is 41.5 Å². The number of hydrogen-bond acceptors (Lipinski definition) is 4. The molecule has 3 aromatic rings. The van der Waals surface area contributed by atoms with Crippen LogP contribution in [0.2, 0.25) is 0 Å². The van der Waals surface area contributed by atoms with E-state index in [4.69, 9.17) is 0 Å². The first-order valence-corrected chi connectivity index (χ1v) is 9.58. The fourth-order valence-electron chi connectivity index (χ4n) is 4.00. The Morgan fingerprint density at radius 2 is 1.96 bits per heavy atom. The molecule has 0 spiro atoms. The number of hydrogen-bond donors (Lipinski definition) is 0. The highest BCUT2D eigenvalue weighted by Crippen LogP contribution is 2.34. The van der Waals surface area contributed by atoms with Gasteiger partial charge in [-0.05, 0) is 42.0 Å². The molecule has 1 aliphatic rings. The third-order valence-corrected chi connectivity index (χ3v) is 5.48. The number of aromatic nitrogens is 3. The summed E-state index contributed by atoms with van der Waals surface area (Å²) in [6.45, 7) is 6.63. The highest BCUT2D eigenvalue weighted by Gasteiger charge is 2.31. The molecule has 5 heteroatoms. The van der Waals surface area contributed by atoms with Crippen LogP contribution in [-0.4, -0.2) is 20.3 Å². The molecule has 1 aliphatic heterocycles. The molecule has 0 N–H and O–H groups in total. The molecule has 1 atom stereocenters. The summed E-state index contributed by atoms with van der Waals surface area (Å²) in [4.78, 5) is 34.4. The van der Waals surface area contributed by atoms with E-state index >= 15 is 0 Å². The van der Waals surface area contributed by atoms with Gasteiger partial charge in [0.1, 0.15) is 0 Å². The van der Waals surface area contributed by atoms with Gasteiger partial charge in [0.15, 0.2) is 5.82 Å². The van der Waals surface area contributed by atoms with Gasteiger partial charge in [-0.3, -0.25) is 19.1 Å². The standard InChI is InChI=1S/C22H23N3O2/c1-4-5-6-15(13(2)3)14-7-8-19-16(11-14)20(26)21-24-18-9-10-23-12-17(18)22(27)25(19)21/h7-13,15H,4-6H2,1-3H3. The van der Waals surface area contributed by atoms with Crippen molar-refractivity contribution in [1.82, 2.24) is 14.5 Å². The number of benzene rings is 1. The summed E-state index contributed by atoms with van der Waals surface area (Å²) in [5, 5.41) is 0.425. The summed E-state index contributed by atoms with van der Waals surface area (Å²) in [5.41, 5.74) is 2.63. The summed E-state index contributed by atoms with van der Waals surface area (Å²) in [6.07, 6.45) is 6.50. The molecule has 4 rings (SSSR count). The van der Waals surface area contributed by atoms with Crippen LogP contribution in [0, 0.1) is 5.92 Å². The fourth-order valence-corrected chi connectivity index (χ4v) is 4.00. The van der Waals surface area contributed by atoms with Gasteiger partial charge in [0.2, 0.25) is 5.78 Å². The second-order valence-electron chi connectivity index (χ2n) is 7.57. The molecule has 138 valence electrons. The summed E-state index contributed by atoms with van der Waals surface area (Å²) in [6, 6.07) is 7.58. The largest absolute Gasteiger partial charge is 0.285 e. The highest BCUT2D eigenvalue weighted by molar-refractivity contribution is 6.13. The highest BCUT2D eigenvalue weighted by atomic mass is 16.1. The van der Waals surface area contributed by atoms with Crippen molar-refractivity contribution in [3.8, 4) is 5.69 Å². The number of unbranched alkanes of at least 4 members (excludes halogenated alkanes) is 1. The predicted octanol–water partition coefficient (Wildman–Crippen LogP) is 4.25. The molecule has 0 saturated heterocycles. The molecule has 0 fully saturated rings. The van der Waals surface area contributed by atoms with Crippen molar-refractivity contribution in [3.05, 3.63) is 64.0 Å². The second kappa shape index (κ2) is 6.72. The van der Waals surface area contributed by atoms with E-state index in [1.54, 1.807) is 12.3 Å². The van der Waals surface area contributed by atoms with Gasteiger partial charge >= 0.3 is 0 Å². The van der Waals surface area contributed by atoms with E-state index in [1.807, 2.05) is 12.1 Å². The van der Waals surface area contributed by atoms with Gasteiger partial charge in [0.25, 0.3) is 5.56 Å². The third-order valence-electron chi connectivity index (χ3n) is 5.48. The Labute approximate surface area is 158 Å². The van der Waals surface area contributed by atoms with Gasteiger partial charge in [0, 0.05) is 12.4 Å². The second-order valence-corrected chi connectivity index (χ2v) is 7.57. The molecular formula is C22H23N3O2. The van der Waals surface area contributed by atoms with Crippen molar-refractivity contribution in [1.29, 1.82) is 0 Å². The lowest BCUT2D eigenvalue weighted by Crippen LogP contribution is -2.21. The zero-order chi connectivity index (χ0) is 19.1. The van der Waals surface area contributed by atoms with Crippen molar-refractivity contribution in [2.24, 2.45) is 5.92 Å². The van der Waals surface area contributed by atoms with Crippen LogP contribution in [0.3, 0.4) is 0 Å². The summed E-state index contributed by atoms with van der Waals surface area (Å²) in [5.74, 6) is 0.906. The molecule has 2 aromatic heterocycles. The molecule has 1 aromatic carbocycles. The number of ketones is 1. The van der Waals surface area contributed by atoms with Crippen molar-refractivity contribution in [2.45, 2.75) is 46.0 Å². The number of carbonyl (C=O) groups is 1. The van der Waals surface area contributed by atoms with Gasteiger partial charge < -0.3 is 0 Å². The van der Waals surface area contributed by atoms with Crippen LogP contribution >= 0.6 is 0 Å². The van der Waals surface area contributed by atoms with Crippen molar-refractivity contribution >= 4 is 16.7 Å². The number of rotatable bonds is 5. The monoisotopic (exact) mass is 361 g/mol. The van der Waals surface area contributed by atoms with Gasteiger partial charge in [-0.1, -0.05) is 39.7 Å². The first-order chi connectivity index (χ1) is 13.0. The Balaban J connectivity index is 1.86. The Morgan fingerprint density at radius 1 is 1.15 bits per heavy atom. The van der Waals surface area contributed by atoms with Gasteiger partial charge in [-0.2, -0.15) is 0 Å². The van der Waals surface area contributed by atoms with E-state index in [0.29, 0.717) is 34.0 Å². The van der Waals surface area contributed by atoms with E-state index in [2.05, 4.69) is 36.8 Å². The summed E-state index contributed by atoms with van der Waals surface area (Å²) >= 11 is 0. The lowest BCUT2D eigenvalue weighted by atomic mass is 9.83. The minimum atomic E-state index is -0.241. The maximum atomic E-state index is 13.0. The quantitative estimate of drug-likeness (QED) is 0.533. The first kappa shape index (κ1) is 17.6. The molecule has 5 nitrogen and oxygen atoms in total. The first-order valence-electron chi connectivity index (χ1n) is 9.58. The van der Waals surface area contributed by atoms with Crippen molar-refractivity contribution in [3.63, 3.8) is 0 Å². The zero-order valence-corrected chi connectivity index (χ0v) is 15.9. The minimum absolute atomic E-state index is 0.180.